The molecular weight excluding hydrogens is 873 g/mol. The fraction of sp³-hybridized carbons (Fsp3) is 0.149. The maximum atomic E-state index is 6.89. The molecule has 9 rings (SSSR count). The first-order chi connectivity index (χ1) is 25.5. The summed E-state index contributed by atoms with van der Waals surface area (Å²) in [6, 6.07) is 46.2. The summed E-state index contributed by atoms with van der Waals surface area (Å²) >= 11 is 0. The predicted molar refractivity (Wildman–Crippen MR) is 228 cm³/mol. The van der Waals surface area contributed by atoms with Crippen molar-refractivity contribution < 1.29 is 28.9 Å². The van der Waals surface area contributed by atoms with E-state index < -0.39 is 16.1 Å². The van der Waals surface area contributed by atoms with Gasteiger partial charge in [-0.1, -0.05) is 93.9 Å². The van der Waals surface area contributed by atoms with Crippen LogP contribution in [0.25, 0.3) is 77.5 Å². The standard InChI is InChI=1S/C35H32NO2Si2.C12H10N.Ir/c1-39(2,3)29-16-10-14-24-27-21-26(23-18-19-36-28(20-23)22-12-8-7-9-13-22)31-25-15-11-17-30(40(4,5)6)33(25)38-35(31)34(27)37-32(24)29;1-10-7-8-12(13-9-10)11-5-3-2-4-6-11;/h7-12,14-21H,1-6H3;2-5,7-9H,1H3;/q2*-1;. The van der Waals surface area contributed by atoms with E-state index in [4.69, 9.17) is 8.83 Å². The Labute approximate surface area is 332 Å². The van der Waals surface area contributed by atoms with Gasteiger partial charge in [0.05, 0.1) is 16.1 Å². The van der Waals surface area contributed by atoms with E-state index >= 15 is 0 Å². The van der Waals surface area contributed by atoms with Crippen LogP contribution in [-0.4, -0.2) is 26.1 Å². The predicted octanol–water partition coefficient (Wildman–Crippen LogP) is 12.0. The number of nitrogens with zero attached hydrogens (tertiary/aromatic N) is 2. The number of rotatable bonds is 5. The molecule has 1 radical (unpaired) electrons. The Bertz CT molecular complexity index is 2740. The van der Waals surface area contributed by atoms with E-state index in [1.807, 2.05) is 67.8 Å². The molecule has 271 valence electrons. The van der Waals surface area contributed by atoms with Gasteiger partial charge in [0.1, 0.15) is 11.2 Å². The molecule has 0 bridgehead atoms. The van der Waals surface area contributed by atoms with Crippen molar-refractivity contribution in [2.75, 3.05) is 0 Å². The first-order valence-corrected chi connectivity index (χ1v) is 25.1. The molecule has 7 heteroatoms. The number of para-hydroxylation sites is 2. The first-order valence-electron chi connectivity index (χ1n) is 18.1. The molecule has 0 aliphatic heterocycles. The normalized spacial score (nSPS) is 11.8. The molecule has 0 atom stereocenters. The minimum absolute atomic E-state index is 0. The molecule has 0 saturated carbocycles. The van der Waals surface area contributed by atoms with Crippen LogP contribution in [0.1, 0.15) is 5.56 Å². The third-order valence-corrected chi connectivity index (χ3v) is 13.8. The van der Waals surface area contributed by atoms with Crippen molar-refractivity contribution in [2.24, 2.45) is 0 Å². The molecule has 4 heterocycles. The molecule has 0 saturated heterocycles. The molecule has 0 aliphatic rings. The van der Waals surface area contributed by atoms with Crippen LogP contribution in [0.4, 0.5) is 0 Å². The van der Waals surface area contributed by atoms with Gasteiger partial charge < -0.3 is 18.8 Å². The van der Waals surface area contributed by atoms with Gasteiger partial charge in [0.15, 0.2) is 11.2 Å². The summed E-state index contributed by atoms with van der Waals surface area (Å²) in [6.45, 7) is 16.3. The largest absolute Gasteiger partial charge is 0.452 e. The summed E-state index contributed by atoms with van der Waals surface area (Å²) in [4.78, 5) is 9.01. The quantitative estimate of drug-likeness (QED) is 0.127. The minimum Gasteiger partial charge on any atom is -0.452 e. The molecule has 0 N–H and O–H groups in total. The van der Waals surface area contributed by atoms with E-state index in [-0.39, 0.29) is 20.1 Å². The van der Waals surface area contributed by atoms with E-state index in [0.29, 0.717) is 0 Å². The molecule has 5 aromatic carbocycles. The minimum atomic E-state index is -1.68. The first kappa shape index (κ1) is 37.4. The van der Waals surface area contributed by atoms with E-state index in [0.717, 1.165) is 77.5 Å². The Kier molecular flexibility index (Phi) is 10.2. The van der Waals surface area contributed by atoms with Crippen LogP contribution < -0.4 is 10.4 Å². The van der Waals surface area contributed by atoms with Gasteiger partial charge in [0.2, 0.25) is 0 Å². The van der Waals surface area contributed by atoms with Crippen molar-refractivity contribution >= 4 is 70.4 Å². The summed E-state index contributed by atoms with van der Waals surface area (Å²) in [5.74, 6) is 0. The summed E-state index contributed by atoms with van der Waals surface area (Å²) in [5.41, 5.74) is 11.0. The smallest absolute Gasteiger partial charge is 0.179 e. The molecule has 54 heavy (non-hydrogen) atoms. The second kappa shape index (κ2) is 14.7. The molecule has 0 spiro atoms. The monoisotopic (exact) mass is 915 g/mol. The third-order valence-electron chi connectivity index (χ3n) is 9.80. The van der Waals surface area contributed by atoms with Crippen molar-refractivity contribution in [3.63, 3.8) is 0 Å². The average molecular weight is 915 g/mol. The fourth-order valence-electron chi connectivity index (χ4n) is 7.10. The number of furan rings is 2. The Hall–Kier alpha value is -4.92. The number of fused-ring (bicyclic) bond motifs is 7. The number of hydrogen-bond acceptors (Lipinski definition) is 4. The van der Waals surface area contributed by atoms with Gasteiger partial charge in [0.25, 0.3) is 0 Å². The Morgan fingerprint density at radius 3 is 1.74 bits per heavy atom. The van der Waals surface area contributed by atoms with Crippen molar-refractivity contribution in [2.45, 2.75) is 46.2 Å². The van der Waals surface area contributed by atoms with Crippen LogP contribution >= 0.6 is 0 Å². The molecule has 4 aromatic heterocycles. The van der Waals surface area contributed by atoms with E-state index in [2.05, 4.69) is 128 Å². The molecule has 4 nitrogen and oxygen atoms in total. The van der Waals surface area contributed by atoms with E-state index in [9.17, 15) is 0 Å². The zero-order valence-electron chi connectivity index (χ0n) is 31.7. The van der Waals surface area contributed by atoms with Gasteiger partial charge in [0, 0.05) is 54.0 Å². The van der Waals surface area contributed by atoms with Crippen molar-refractivity contribution in [3.05, 3.63) is 145 Å². The number of aromatic nitrogens is 2. The molecule has 0 fully saturated rings. The van der Waals surface area contributed by atoms with Gasteiger partial charge in [-0.15, -0.1) is 71.8 Å². The second-order valence-corrected chi connectivity index (χ2v) is 25.9. The van der Waals surface area contributed by atoms with Crippen molar-refractivity contribution in [1.29, 1.82) is 0 Å². The zero-order chi connectivity index (χ0) is 36.9. The summed E-state index contributed by atoms with van der Waals surface area (Å²) in [5, 5.41) is 7.15. The van der Waals surface area contributed by atoms with Gasteiger partial charge in [-0.05, 0) is 57.5 Å². The van der Waals surface area contributed by atoms with Gasteiger partial charge >= 0.3 is 0 Å². The van der Waals surface area contributed by atoms with Crippen LogP contribution in [0.15, 0.2) is 136 Å². The van der Waals surface area contributed by atoms with E-state index in [1.165, 1.54) is 15.9 Å². The molecule has 0 unspecified atom stereocenters. The fourth-order valence-corrected chi connectivity index (χ4v) is 10.0. The Morgan fingerprint density at radius 1 is 0.537 bits per heavy atom. The topological polar surface area (TPSA) is 52.1 Å². The molecule has 9 aromatic rings. The maximum Gasteiger partial charge on any atom is 0.179 e. The van der Waals surface area contributed by atoms with Crippen LogP contribution in [0.2, 0.25) is 39.3 Å². The number of benzene rings is 5. The summed E-state index contributed by atoms with van der Waals surface area (Å²) in [6.07, 6.45) is 3.77. The zero-order valence-corrected chi connectivity index (χ0v) is 36.1. The van der Waals surface area contributed by atoms with Gasteiger partial charge in [-0.2, -0.15) is 0 Å². The van der Waals surface area contributed by atoms with Crippen LogP contribution in [0.3, 0.4) is 0 Å². The van der Waals surface area contributed by atoms with E-state index in [1.54, 1.807) is 0 Å². The molecule has 0 aliphatic carbocycles. The van der Waals surface area contributed by atoms with Gasteiger partial charge in [-0.25, -0.2) is 0 Å². The number of hydrogen-bond donors (Lipinski definition) is 0. The van der Waals surface area contributed by atoms with Crippen molar-refractivity contribution in [1.82, 2.24) is 9.97 Å². The Morgan fingerprint density at radius 2 is 1.15 bits per heavy atom. The Balaban J connectivity index is 0.000000272. The SMILES string of the molecule is C[Si](C)(C)c1cccc2c1oc1c2cc(-c2ccnc(-c3[c-]cccc3)c2)c2c3cccc([Si](C)(C)C)c3oc12.Cc1ccc(-c2[c-]cccc2)nc1.[Ir]. The number of aryl methyl sites for hydroxylation is 1. The third kappa shape index (κ3) is 7.05. The maximum absolute atomic E-state index is 6.89. The molecular formula is C47H42IrN2O2Si2-2. The molecule has 0 amide bonds. The van der Waals surface area contributed by atoms with Crippen LogP contribution in [0.5, 0.6) is 0 Å². The average Bonchev–Trinajstić information content (AvgIpc) is 3.74. The van der Waals surface area contributed by atoms with Gasteiger partial charge in [-0.3, -0.25) is 0 Å². The summed E-state index contributed by atoms with van der Waals surface area (Å²) in [7, 11) is -3.32. The van der Waals surface area contributed by atoms with Crippen LogP contribution in [0, 0.1) is 19.1 Å². The van der Waals surface area contributed by atoms with Crippen LogP contribution in [-0.2, 0) is 20.1 Å². The van der Waals surface area contributed by atoms with Crippen molar-refractivity contribution in [3.8, 4) is 33.6 Å². The summed E-state index contributed by atoms with van der Waals surface area (Å²) < 4.78 is 13.7. The number of pyridine rings is 2. The second-order valence-electron chi connectivity index (χ2n) is 15.8.